The summed E-state index contributed by atoms with van der Waals surface area (Å²) in [7, 11) is 0. The lowest BCUT2D eigenvalue weighted by Gasteiger charge is -2.42. The number of nitrogens with one attached hydrogen (secondary N) is 2. The normalized spacial score (nSPS) is 24.3. The Bertz CT molecular complexity index is 360. The minimum absolute atomic E-state index is 0.292. The fraction of sp³-hybridized carbons (Fsp3) is 0.600. The Morgan fingerprint density at radius 3 is 2.60 bits per heavy atom. The fourth-order valence-electron chi connectivity index (χ4n) is 2.45. The van der Waals surface area contributed by atoms with Crippen molar-refractivity contribution in [3.05, 3.63) is 11.4 Å². The molecule has 15 heavy (non-hydrogen) atoms. The molecule has 0 saturated heterocycles. The van der Waals surface area contributed by atoms with Crippen LogP contribution in [0.3, 0.4) is 0 Å². The summed E-state index contributed by atoms with van der Waals surface area (Å²) in [6, 6.07) is 2.20. The van der Waals surface area contributed by atoms with E-state index in [0.29, 0.717) is 16.5 Å². The summed E-state index contributed by atoms with van der Waals surface area (Å²) in [6.45, 7) is 0. The lowest BCUT2D eigenvalue weighted by atomic mass is 9.76. The summed E-state index contributed by atoms with van der Waals surface area (Å²) in [5.74, 6) is 0.420. The summed E-state index contributed by atoms with van der Waals surface area (Å²) < 4.78 is 0. The fourth-order valence-corrected chi connectivity index (χ4v) is 2.76. The highest BCUT2D eigenvalue weighted by atomic mass is 32.1. The van der Waals surface area contributed by atoms with E-state index in [4.69, 9.17) is 23.2 Å². The minimum atomic E-state index is -0.292. The molecule has 5 heteroatoms. The Labute approximate surface area is 94.5 Å². The van der Waals surface area contributed by atoms with Gasteiger partial charge >= 0.3 is 0 Å². The molecule has 0 aromatic carbocycles. The molecule has 0 unspecified atom stereocenters. The van der Waals surface area contributed by atoms with Gasteiger partial charge in [0.1, 0.15) is 11.9 Å². The maximum atomic E-state index is 9.15. The van der Waals surface area contributed by atoms with Gasteiger partial charge in [-0.3, -0.25) is 0 Å². The molecule has 1 aliphatic carbocycles. The van der Waals surface area contributed by atoms with E-state index in [-0.39, 0.29) is 5.54 Å². The first-order chi connectivity index (χ1) is 7.18. The van der Waals surface area contributed by atoms with Crippen molar-refractivity contribution in [3.63, 3.8) is 0 Å². The number of nitrogens with zero attached hydrogens (tertiary/aromatic N) is 1. The topological polar surface area (TPSA) is 73.9 Å². The van der Waals surface area contributed by atoms with Crippen LogP contribution in [0.1, 0.15) is 32.1 Å². The van der Waals surface area contributed by atoms with Gasteiger partial charge in [-0.05, 0) is 25.1 Å². The number of thiocarbonyl (C=S) groups is 1. The van der Waals surface area contributed by atoms with Gasteiger partial charge in [0.25, 0.3) is 0 Å². The summed E-state index contributed by atoms with van der Waals surface area (Å²) in [4.78, 5) is 0. The molecule has 1 heterocycles. The molecule has 0 radical (unpaired) electrons. The maximum absolute atomic E-state index is 9.15. The molecule has 1 spiro atoms. The summed E-state index contributed by atoms with van der Waals surface area (Å²) in [6.07, 6.45) is 5.35. The second-order valence-electron chi connectivity index (χ2n) is 4.12. The van der Waals surface area contributed by atoms with Crippen LogP contribution in [0.2, 0.25) is 0 Å². The van der Waals surface area contributed by atoms with E-state index >= 15 is 0 Å². The number of hydrogen-bond acceptors (Lipinski definition) is 3. The SMILES string of the molecule is N#CC1=C(N)NC(=S)NC12CCCCC2. The number of hydrogen-bond donors (Lipinski definition) is 3. The molecule has 0 aromatic heterocycles. The highest BCUT2D eigenvalue weighted by Gasteiger charge is 2.40. The highest BCUT2D eigenvalue weighted by Crippen LogP contribution is 2.35. The molecule has 0 atom stereocenters. The molecular weight excluding hydrogens is 208 g/mol. The van der Waals surface area contributed by atoms with E-state index < -0.39 is 0 Å². The van der Waals surface area contributed by atoms with Crippen LogP contribution >= 0.6 is 12.2 Å². The van der Waals surface area contributed by atoms with Gasteiger partial charge in [0.2, 0.25) is 0 Å². The molecule has 2 aliphatic rings. The smallest absolute Gasteiger partial charge is 0.172 e. The van der Waals surface area contributed by atoms with Gasteiger partial charge in [-0.25, -0.2) is 0 Å². The van der Waals surface area contributed by atoms with Crippen molar-refractivity contribution in [2.45, 2.75) is 37.6 Å². The average Bonchev–Trinajstić information content (AvgIpc) is 2.18. The predicted molar refractivity (Wildman–Crippen MR) is 61.5 cm³/mol. The second-order valence-corrected chi connectivity index (χ2v) is 4.53. The van der Waals surface area contributed by atoms with E-state index in [9.17, 15) is 0 Å². The Morgan fingerprint density at radius 2 is 2.00 bits per heavy atom. The Balaban J connectivity index is 2.40. The van der Waals surface area contributed by atoms with Gasteiger partial charge in [-0.2, -0.15) is 5.26 Å². The van der Waals surface area contributed by atoms with Crippen LogP contribution in [0.25, 0.3) is 0 Å². The van der Waals surface area contributed by atoms with Crippen LogP contribution in [0.5, 0.6) is 0 Å². The number of nitriles is 1. The van der Waals surface area contributed by atoms with Gasteiger partial charge in [-0.1, -0.05) is 19.3 Å². The van der Waals surface area contributed by atoms with Gasteiger partial charge in [0, 0.05) is 0 Å². The molecule has 4 N–H and O–H groups in total. The zero-order chi connectivity index (χ0) is 10.9. The van der Waals surface area contributed by atoms with Crippen LogP contribution in [0.15, 0.2) is 11.4 Å². The van der Waals surface area contributed by atoms with Crippen LogP contribution in [-0.2, 0) is 0 Å². The molecule has 1 saturated carbocycles. The molecule has 0 bridgehead atoms. The van der Waals surface area contributed by atoms with Crippen molar-refractivity contribution < 1.29 is 0 Å². The molecule has 4 nitrogen and oxygen atoms in total. The van der Waals surface area contributed by atoms with Crippen LogP contribution < -0.4 is 16.4 Å². The third-order valence-corrected chi connectivity index (χ3v) is 3.37. The predicted octanol–water partition coefficient (Wildman–Crippen LogP) is 0.861. The lowest BCUT2D eigenvalue weighted by molar-refractivity contribution is 0.308. The summed E-state index contributed by atoms with van der Waals surface area (Å²) in [5, 5.41) is 15.7. The minimum Gasteiger partial charge on any atom is -0.384 e. The molecule has 2 rings (SSSR count). The number of rotatable bonds is 0. The van der Waals surface area contributed by atoms with Gasteiger partial charge in [0.15, 0.2) is 5.11 Å². The van der Waals surface area contributed by atoms with Crippen molar-refractivity contribution in [2.24, 2.45) is 5.73 Å². The van der Waals surface area contributed by atoms with Gasteiger partial charge < -0.3 is 16.4 Å². The van der Waals surface area contributed by atoms with Crippen LogP contribution in [0, 0.1) is 11.3 Å². The largest absolute Gasteiger partial charge is 0.384 e. The Morgan fingerprint density at radius 1 is 1.33 bits per heavy atom. The molecule has 0 amide bonds. The standard InChI is InChI=1S/C10H14N4S/c11-6-7-8(12)13-9(15)14-10(7)4-2-1-3-5-10/h1-5,12H2,(H2,13,14,15). The summed E-state index contributed by atoms with van der Waals surface area (Å²) >= 11 is 5.09. The van der Waals surface area contributed by atoms with Crippen molar-refractivity contribution in [1.29, 1.82) is 5.26 Å². The summed E-state index contributed by atoms with van der Waals surface area (Å²) in [5.41, 5.74) is 6.13. The first-order valence-corrected chi connectivity index (χ1v) is 5.58. The van der Waals surface area contributed by atoms with Crippen molar-refractivity contribution in [3.8, 4) is 6.07 Å². The van der Waals surface area contributed by atoms with E-state index in [0.717, 1.165) is 25.7 Å². The van der Waals surface area contributed by atoms with Gasteiger partial charge in [0.05, 0.1) is 11.1 Å². The third kappa shape index (κ3) is 1.65. The van der Waals surface area contributed by atoms with E-state index in [1.165, 1.54) is 6.42 Å². The first-order valence-electron chi connectivity index (χ1n) is 5.17. The molecule has 1 aliphatic heterocycles. The van der Waals surface area contributed by atoms with E-state index in [1.54, 1.807) is 0 Å². The maximum Gasteiger partial charge on any atom is 0.172 e. The van der Waals surface area contributed by atoms with Crippen molar-refractivity contribution in [2.75, 3.05) is 0 Å². The Hall–Kier alpha value is -1.28. The zero-order valence-electron chi connectivity index (χ0n) is 8.47. The Kier molecular flexibility index (Phi) is 2.53. The first kappa shape index (κ1) is 10.2. The van der Waals surface area contributed by atoms with Crippen molar-refractivity contribution in [1.82, 2.24) is 10.6 Å². The highest BCUT2D eigenvalue weighted by molar-refractivity contribution is 7.80. The third-order valence-electron chi connectivity index (χ3n) is 3.17. The average molecular weight is 222 g/mol. The van der Waals surface area contributed by atoms with Crippen LogP contribution in [0.4, 0.5) is 0 Å². The second kappa shape index (κ2) is 3.70. The zero-order valence-corrected chi connectivity index (χ0v) is 9.28. The molecule has 80 valence electrons. The van der Waals surface area contributed by atoms with Crippen molar-refractivity contribution >= 4 is 17.3 Å². The molecular formula is C10H14N4S. The van der Waals surface area contributed by atoms with Crippen LogP contribution in [-0.4, -0.2) is 10.7 Å². The van der Waals surface area contributed by atoms with E-state index in [1.807, 2.05) is 0 Å². The molecule has 1 fully saturated rings. The number of nitrogens with two attached hydrogens (primary N) is 1. The lowest BCUT2D eigenvalue weighted by Crippen LogP contribution is -2.59. The van der Waals surface area contributed by atoms with E-state index in [2.05, 4.69) is 16.7 Å². The quantitative estimate of drug-likeness (QED) is 0.530. The van der Waals surface area contributed by atoms with Gasteiger partial charge in [-0.15, -0.1) is 0 Å². The molecule has 0 aromatic rings. The monoisotopic (exact) mass is 222 g/mol.